The number of nitrogens with one attached hydrogen (secondary N) is 1. The molecule has 1 amide bonds. The molecule has 0 saturated carbocycles. The number of carbonyl (C=O) groups excluding carboxylic acids is 1. The number of hydrogen-bond acceptors (Lipinski definition) is 5. The molecule has 1 aromatic heterocycles. The molecule has 0 saturated heterocycles. The van der Waals surface area contributed by atoms with E-state index in [-0.39, 0.29) is 17.6 Å². The summed E-state index contributed by atoms with van der Waals surface area (Å²) in [7, 11) is 0. The molecule has 0 radical (unpaired) electrons. The third-order valence-electron chi connectivity index (χ3n) is 2.16. The van der Waals surface area contributed by atoms with E-state index >= 15 is 0 Å². The molecular formula is C10H16N2O3S. The second-order valence-electron chi connectivity index (χ2n) is 3.47. The van der Waals surface area contributed by atoms with Gasteiger partial charge in [-0.2, -0.15) is 11.8 Å². The lowest BCUT2D eigenvalue weighted by Crippen LogP contribution is -2.29. The van der Waals surface area contributed by atoms with E-state index in [4.69, 9.17) is 15.4 Å². The number of amides is 1. The first-order chi connectivity index (χ1) is 7.58. The van der Waals surface area contributed by atoms with Gasteiger partial charge in [-0.1, -0.05) is 6.92 Å². The van der Waals surface area contributed by atoms with E-state index in [2.05, 4.69) is 0 Å². The highest BCUT2D eigenvalue weighted by Crippen LogP contribution is 2.22. The number of thioether (sulfide) groups is 1. The van der Waals surface area contributed by atoms with Crippen LogP contribution in [0.15, 0.2) is 10.5 Å². The van der Waals surface area contributed by atoms with Gasteiger partial charge >= 0.3 is 5.91 Å². The Morgan fingerprint density at radius 2 is 2.44 bits per heavy atom. The van der Waals surface area contributed by atoms with E-state index in [1.807, 2.05) is 12.3 Å². The van der Waals surface area contributed by atoms with Gasteiger partial charge in [-0.05, 0) is 13.0 Å². The maximum Gasteiger partial charge on any atom is 0.300 e. The number of aryl methyl sites for hydroxylation is 1. The van der Waals surface area contributed by atoms with Crippen LogP contribution in [0.4, 0.5) is 0 Å². The number of rotatable bonds is 5. The summed E-state index contributed by atoms with van der Waals surface area (Å²) in [5, 5.41) is 9.06. The number of nitrogens with two attached hydrogens (primary N) is 1. The van der Waals surface area contributed by atoms with Crippen LogP contribution in [-0.2, 0) is 5.75 Å². The fraction of sp³-hybridized carbons (Fsp3) is 0.500. The van der Waals surface area contributed by atoms with E-state index in [9.17, 15) is 4.79 Å². The number of hydrazine groups is 1. The average molecular weight is 244 g/mol. The molecule has 4 N–H and O–H groups in total. The lowest BCUT2D eigenvalue weighted by Gasteiger charge is -2.05. The Bertz CT molecular complexity index is 365. The van der Waals surface area contributed by atoms with Gasteiger partial charge in [0.25, 0.3) is 0 Å². The Labute approximate surface area is 98.4 Å². The van der Waals surface area contributed by atoms with Gasteiger partial charge in [-0.25, -0.2) is 5.84 Å². The third kappa shape index (κ3) is 3.26. The summed E-state index contributed by atoms with van der Waals surface area (Å²) in [4.78, 5) is 11.2. The topological polar surface area (TPSA) is 88.5 Å². The Hall–Kier alpha value is -0.980. The van der Waals surface area contributed by atoms with E-state index in [0.29, 0.717) is 11.5 Å². The Morgan fingerprint density at radius 1 is 1.75 bits per heavy atom. The molecule has 0 aromatic carbocycles. The van der Waals surface area contributed by atoms with E-state index in [1.165, 1.54) is 0 Å². The molecule has 1 aromatic rings. The zero-order valence-corrected chi connectivity index (χ0v) is 10.1. The first-order valence-corrected chi connectivity index (χ1v) is 5.96. The molecule has 0 bridgehead atoms. The van der Waals surface area contributed by atoms with Crippen LogP contribution in [0.1, 0.15) is 28.8 Å². The van der Waals surface area contributed by atoms with Gasteiger partial charge in [0.2, 0.25) is 0 Å². The molecule has 16 heavy (non-hydrogen) atoms. The number of carbonyl (C=O) groups is 1. The molecule has 5 nitrogen and oxygen atoms in total. The van der Waals surface area contributed by atoms with Crippen molar-refractivity contribution in [2.75, 3.05) is 6.61 Å². The molecular weight excluding hydrogens is 228 g/mol. The van der Waals surface area contributed by atoms with E-state index in [1.54, 1.807) is 24.8 Å². The lowest BCUT2D eigenvalue weighted by atomic mass is 10.3. The van der Waals surface area contributed by atoms with Crippen molar-refractivity contribution in [1.29, 1.82) is 0 Å². The molecule has 0 spiro atoms. The second-order valence-corrected chi connectivity index (χ2v) is 4.90. The predicted octanol–water partition coefficient (Wildman–Crippen LogP) is 0.806. The van der Waals surface area contributed by atoms with Gasteiger partial charge in [0.15, 0.2) is 5.76 Å². The molecule has 1 atom stereocenters. The monoisotopic (exact) mass is 244 g/mol. The summed E-state index contributed by atoms with van der Waals surface area (Å²) < 4.78 is 5.27. The van der Waals surface area contributed by atoms with E-state index < -0.39 is 5.91 Å². The van der Waals surface area contributed by atoms with E-state index in [0.717, 1.165) is 5.56 Å². The molecule has 0 aliphatic heterocycles. The van der Waals surface area contributed by atoms with Crippen LogP contribution in [-0.4, -0.2) is 22.9 Å². The van der Waals surface area contributed by atoms with Crippen LogP contribution in [0.5, 0.6) is 0 Å². The summed E-state index contributed by atoms with van der Waals surface area (Å²) in [5.41, 5.74) is 2.97. The molecule has 0 fully saturated rings. The fourth-order valence-electron chi connectivity index (χ4n) is 1.13. The fourth-order valence-corrected chi connectivity index (χ4v) is 1.99. The number of furan rings is 1. The first-order valence-electron chi connectivity index (χ1n) is 4.91. The van der Waals surface area contributed by atoms with Gasteiger partial charge in [0, 0.05) is 16.6 Å². The molecule has 0 aliphatic rings. The van der Waals surface area contributed by atoms with Crippen molar-refractivity contribution in [3.05, 3.63) is 23.2 Å². The molecule has 1 unspecified atom stereocenters. The summed E-state index contributed by atoms with van der Waals surface area (Å²) in [6.07, 6.45) is 0. The molecule has 1 heterocycles. The molecule has 1 rings (SSSR count). The molecule has 6 heteroatoms. The van der Waals surface area contributed by atoms with Gasteiger partial charge in [0.1, 0.15) is 5.76 Å². The highest BCUT2D eigenvalue weighted by atomic mass is 32.2. The number of aliphatic hydroxyl groups excluding tert-OH is 1. The van der Waals surface area contributed by atoms with Crippen molar-refractivity contribution >= 4 is 17.7 Å². The zero-order valence-electron chi connectivity index (χ0n) is 9.32. The Kier molecular flexibility index (Phi) is 4.85. The lowest BCUT2D eigenvalue weighted by molar-refractivity contribution is 0.0924. The van der Waals surface area contributed by atoms with Crippen molar-refractivity contribution in [2.24, 2.45) is 5.84 Å². The predicted molar refractivity (Wildman–Crippen MR) is 62.9 cm³/mol. The van der Waals surface area contributed by atoms with Crippen LogP contribution in [0.25, 0.3) is 0 Å². The standard InChI is InChI=1S/C10H16N2O3S/c1-6(4-13)16-5-8-3-9(10(14)12-11)15-7(8)2/h3,6,13H,4-5,11H2,1-2H3,(H,12,14). The van der Waals surface area contributed by atoms with Crippen LogP contribution in [0, 0.1) is 6.92 Å². The minimum Gasteiger partial charge on any atom is -0.456 e. The number of aliphatic hydroxyl groups is 1. The van der Waals surface area contributed by atoms with Gasteiger partial charge < -0.3 is 9.52 Å². The molecule has 90 valence electrons. The first kappa shape index (κ1) is 13.1. The normalized spacial score (nSPS) is 12.5. The van der Waals surface area contributed by atoms with Gasteiger partial charge in [-0.3, -0.25) is 10.2 Å². The minimum atomic E-state index is -0.436. The average Bonchev–Trinajstić information content (AvgIpc) is 2.66. The minimum absolute atomic E-state index is 0.137. The largest absolute Gasteiger partial charge is 0.456 e. The summed E-state index contributed by atoms with van der Waals surface area (Å²) in [6.45, 7) is 3.87. The second kappa shape index (κ2) is 5.93. The number of hydrogen-bond donors (Lipinski definition) is 3. The van der Waals surface area contributed by atoms with Crippen LogP contribution in [0.3, 0.4) is 0 Å². The Morgan fingerprint density at radius 3 is 3.00 bits per heavy atom. The van der Waals surface area contributed by atoms with Crippen LogP contribution < -0.4 is 11.3 Å². The SMILES string of the molecule is Cc1oc(C(=O)NN)cc1CSC(C)CO. The Balaban J connectivity index is 2.67. The van der Waals surface area contributed by atoms with Crippen LogP contribution >= 0.6 is 11.8 Å². The smallest absolute Gasteiger partial charge is 0.300 e. The van der Waals surface area contributed by atoms with Crippen LogP contribution in [0.2, 0.25) is 0 Å². The summed E-state index contributed by atoms with van der Waals surface area (Å²) in [6, 6.07) is 1.68. The van der Waals surface area contributed by atoms with Crippen molar-refractivity contribution in [1.82, 2.24) is 5.43 Å². The maximum atomic E-state index is 11.2. The maximum absolute atomic E-state index is 11.2. The van der Waals surface area contributed by atoms with Crippen molar-refractivity contribution in [2.45, 2.75) is 24.9 Å². The zero-order chi connectivity index (χ0) is 12.1. The summed E-state index contributed by atoms with van der Waals surface area (Å²) >= 11 is 1.60. The van der Waals surface area contributed by atoms with Crippen molar-refractivity contribution < 1.29 is 14.3 Å². The third-order valence-corrected chi connectivity index (χ3v) is 3.35. The van der Waals surface area contributed by atoms with Crippen molar-refractivity contribution in [3.63, 3.8) is 0 Å². The number of nitrogen functional groups attached to an aromatic ring is 1. The highest BCUT2D eigenvalue weighted by molar-refractivity contribution is 7.99. The molecule has 0 aliphatic carbocycles. The van der Waals surface area contributed by atoms with Gasteiger partial charge in [0.05, 0.1) is 6.61 Å². The van der Waals surface area contributed by atoms with Gasteiger partial charge in [-0.15, -0.1) is 0 Å². The quantitative estimate of drug-likeness (QED) is 0.405. The summed E-state index contributed by atoms with van der Waals surface area (Å²) in [5.74, 6) is 6.20. The highest BCUT2D eigenvalue weighted by Gasteiger charge is 2.13. The van der Waals surface area contributed by atoms with Crippen molar-refractivity contribution in [3.8, 4) is 0 Å².